The Labute approximate surface area is 172 Å². The van der Waals surface area contributed by atoms with Gasteiger partial charge in [0.2, 0.25) is 5.89 Å². The first-order valence-electron chi connectivity index (χ1n) is 10.8. The van der Waals surface area contributed by atoms with Crippen LogP contribution in [0.25, 0.3) is 0 Å². The van der Waals surface area contributed by atoms with Gasteiger partial charge in [-0.25, -0.2) is 9.67 Å². The average molecular weight is 404 g/mol. The minimum absolute atomic E-state index is 0.120. The second-order valence-electron chi connectivity index (χ2n) is 9.06. The van der Waals surface area contributed by atoms with Gasteiger partial charge in [0.1, 0.15) is 24.8 Å². The Balaban J connectivity index is 1.61. The molecule has 2 heterocycles. The molecule has 0 bridgehead atoms. The molecule has 2 aromatic rings. The minimum atomic E-state index is -0.503. The Bertz CT molecular complexity index is 745. The summed E-state index contributed by atoms with van der Waals surface area (Å²) in [7, 11) is 0. The van der Waals surface area contributed by atoms with Gasteiger partial charge < -0.3 is 9.26 Å². The predicted octanol–water partition coefficient (Wildman–Crippen LogP) is 4.28. The van der Waals surface area contributed by atoms with Crippen molar-refractivity contribution in [2.75, 3.05) is 0 Å². The Morgan fingerprint density at radius 2 is 2.10 bits per heavy atom. The van der Waals surface area contributed by atoms with Crippen molar-refractivity contribution in [3.63, 3.8) is 0 Å². The predicted molar refractivity (Wildman–Crippen MR) is 107 cm³/mol. The van der Waals surface area contributed by atoms with Crippen LogP contribution in [-0.4, -0.2) is 36.5 Å². The van der Waals surface area contributed by atoms with Crippen LogP contribution < -0.4 is 0 Å². The Hall–Kier alpha value is -2.25. The van der Waals surface area contributed by atoms with Crippen LogP contribution in [0.5, 0.6) is 0 Å². The average Bonchev–Trinajstić information content (AvgIpc) is 3.33. The van der Waals surface area contributed by atoms with Gasteiger partial charge in [-0.3, -0.25) is 4.79 Å². The first-order chi connectivity index (χ1) is 13.9. The molecule has 1 unspecified atom stereocenters. The number of carbonyl (C=O) groups excluding carboxylic acids is 1. The van der Waals surface area contributed by atoms with E-state index in [-0.39, 0.29) is 18.3 Å². The van der Waals surface area contributed by atoms with Crippen molar-refractivity contribution in [3.8, 4) is 0 Å². The molecule has 0 saturated heterocycles. The molecule has 1 aliphatic rings. The molecular formula is C21H33N5O3. The van der Waals surface area contributed by atoms with Gasteiger partial charge in [0, 0.05) is 5.92 Å². The van der Waals surface area contributed by atoms with E-state index in [0.29, 0.717) is 18.3 Å². The van der Waals surface area contributed by atoms with Crippen LogP contribution in [0.1, 0.15) is 96.2 Å². The van der Waals surface area contributed by atoms with Gasteiger partial charge >= 0.3 is 5.97 Å². The molecule has 8 nitrogen and oxygen atoms in total. The lowest BCUT2D eigenvalue weighted by Gasteiger charge is -2.23. The molecule has 160 valence electrons. The summed E-state index contributed by atoms with van der Waals surface area (Å²) < 4.78 is 12.7. The molecule has 1 fully saturated rings. The van der Waals surface area contributed by atoms with Crippen LogP contribution in [0.2, 0.25) is 0 Å². The van der Waals surface area contributed by atoms with Crippen LogP contribution in [0, 0.1) is 5.92 Å². The van der Waals surface area contributed by atoms with Crippen LogP contribution in [0.15, 0.2) is 17.2 Å². The summed E-state index contributed by atoms with van der Waals surface area (Å²) in [4.78, 5) is 20.9. The van der Waals surface area contributed by atoms with Gasteiger partial charge in [-0.2, -0.15) is 10.1 Å². The molecule has 0 aliphatic heterocycles. The highest BCUT2D eigenvalue weighted by atomic mass is 16.6. The molecule has 8 heteroatoms. The fourth-order valence-corrected chi connectivity index (χ4v) is 3.98. The van der Waals surface area contributed by atoms with Gasteiger partial charge in [0.05, 0.1) is 6.42 Å². The van der Waals surface area contributed by atoms with Gasteiger partial charge in [0.15, 0.2) is 5.82 Å². The number of hydrogen-bond donors (Lipinski definition) is 0. The molecule has 29 heavy (non-hydrogen) atoms. The highest BCUT2D eigenvalue weighted by Crippen LogP contribution is 2.31. The minimum Gasteiger partial charge on any atom is -0.460 e. The Morgan fingerprint density at radius 1 is 1.31 bits per heavy atom. The van der Waals surface area contributed by atoms with E-state index < -0.39 is 5.60 Å². The van der Waals surface area contributed by atoms with Crippen LogP contribution >= 0.6 is 0 Å². The fraction of sp³-hybridized carbons (Fsp3) is 0.762. The maximum Gasteiger partial charge on any atom is 0.307 e. The molecule has 0 aromatic carbocycles. The molecule has 2 aromatic heterocycles. The van der Waals surface area contributed by atoms with Gasteiger partial charge in [0.25, 0.3) is 0 Å². The molecule has 0 N–H and O–H groups in total. The van der Waals surface area contributed by atoms with Crippen molar-refractivity contribution in [2.24, 2.45) is 5.92 Å². The molecule has 3 rings (SSSR count). The van der Waals surface area contributed by atoms with Gasteiger partial charge in [-0.15, -0.1) is 0 Å². The maximum absolute atomic E-state index is 12.4. The van der Waals surface area contributed by atoms with E-state index in [1.165, 1.54) is 44.9 Å². The lowest BCUT2D eigenvalue weighted by atomic mass is 9.84. The van der Waals surface area contributed by atoms with Crippen molar-refractivity contribution >= 4 is 5.97 Å². The molecule has 0 amide bonds. The van der Waals surface area contributed by atoms with Crippen LogP contribution in [-0.2, 0) is 16.1 Å². The monoisotopic (exact) mass is 403 g/mol. The molecular weight excluding hydrogens is 370 g/mol. The van der Waals surface area contributed by atoms with Crippen LogP contribution in [0.3, 0.4) is 0 Å². The lowest BCUT2D eigenvalue weighted by molar-refractivity contribution is -0.155. The number of hydrogen-bond acceptors (Lipinski definition) is 7. The summed E-state index contributed by atoms with van der Waals surface area (Å²) >= 11 is 0. The van der Waals surface area contributed by atoms with Gasteiger partial charge in [-0.05, 0) is 33.1 Å². The molecule has 1 saturated carbocycles. The zero-order valence-electron chi connectivity index (χ0n) is 17.8. The zero-order chi connectivity index (χ0) is 20.7. The summed E-state index contributed by atoms with van der Waals surface area (Å²) in [6.45, 7) is 6.04. The number of aromatic nitrogens is 5. The smallest absolute Gasteiger partial charge is 0.307 e. The Kier molecular flexibility index (Phi) is 7.39. The summed E-state index contributed by atoms with van der Waals surface area (Å²) in [5, 5.41) is 8.13. The maximum atomic E-state index is 12.4. The van der Waals surface area contributed by atoms with E-state index in [1.807, 2.05) is 20.8 Å². The number of carbonyl (C=O) groups is 1. The third-order valence-electron chi connectivity index (χ3n) is 5.33. The SMILES string of the molecule is CC(C)(C)OC(=O)CC(CCCC1CCCCC1)c1nc(Cn2cncn2)no1. The molecule has 0 spiro atoms. The first-order valence-corrected chi connectivity index (χ1v) is 10.8. The number of rotatable bonds is 9. The van der Waals surface area contributed by atoms with Crippen molar-refractivity contribution in [1.29, 1.82) is 0 Å². The highest BCUT2D eigenvalue weighted by Gasteiger charge is 2.26. The van der Waals surface area contributed by atoms with Crippen molar-refractivity contribution in [2.45, 2.75) is 96.6 Å². The van der Waals surface area contributed by atoms with E-state index in [2.05, 4.69) is 20.2 Å². The summed E-state index contributed by atoms with van der Waals surface area (Å²) in [5.74, 6) is 1.51. The second kappa shape index (κ2) is 9.98. The second-order valence-corrected chi connectivity index (χ2v) is 9.06. The Morgan fingerprint density at radius 3 is 2.79 bits per heavy atom. The van der Waals surface area contributed by atoms with E-state index in [4.69, 9.17) is 9.26 Å². The van der Waals surface area contributed by atoms with Gasteiger partial charge in [-0.1, -0.05) is 50.1 Å². The van der Waals surface area contributed by atoms with E-state index >= 15 is 0 Å². The van der Waals surface area contributed by atoms with E-state index in [0.717, 1.165) is 18.8 Å². The van der Waals surface area contributed by atoms with Crippen molar-refractivity contribution in [3.05, 3.63) is 24.4 Å². The molecule has 1 atom stereocenters. The number of ether oxygens (including phenoxy) is 1. The normalized spacial score (nSPS) is 16.7. The summed E-state index contributed by atoms with van der Waals surface area (Å²) in [6.07, 6.45) is 13.2. The largest absolute Gasteiger partial charge is 0.460 e. The zero-order valence-corrected chi connectivity index (χ0v) is 17.8. The van der Waals surface area contributed by atoms with Crippen LogP contribution in [0.4, 0.5) is 0 Å². The summed E-state index contributed by atoms with van der Waals surface area (Å²) in [6, 6.07) is 0. The molecule has 0 radical (unpaired) electrons. The summed E-state index contributed by atoms with van der Waals surface area (Å²) in [5.41, 5.74) is -0.503. The first kappa shape index (κ1) is 21.5. The quantitative estimate of drug-likeness (QED) is 0.577. The highest BCUT2D eigenvalue weighted by molar-refractivity contribution is 5.70. The standard InChI is InChI=1S/C21H33N5O3/c1-21(2,3)28-19(27)12-17(11-7-10-16-8-5-4-6-9-16)20-24-18(25-29-20)13-26-15-22-14-23-26/h14-17H,4-13H2,1-3H3. The molecule has 1 aliphatic carbocycles. The lowest BCUT2D eigenvalue weighted by Crippen LogP contribution is -2.25. The third-order valence-corrected chi connectivity index (χ3v) is 5.33. The fourth-order valence-electron chi connectivity index (χ4n) is 3.98. The van der Waals surface area contributed by atoms with E-state index in [1.54, 1.807) is 11.0 Å². The van der Waals surface area contributed by atoms with E-state index in [9.17, 15) is 4.79 Å². The third kappa shape index (κ3) is 7.25. The number of nitrogens with zero attached hydrogens (tertiary/aromatic N) is 5. The topological polar surface area (TPSA) is 95.9 Å². The van der Waals surface area contributed by atoms with Crippen molar-refractivity contribution in [1.82, 2.24) is 24.9 Å². The number of esters is 1. The van der Waals surface area contributed by atoms with Crippen molar-refractivity contribution < 1.29 is 14.1 Å².